The lowest BCUT2D eigenvalue weighted by Crippen LogP contribution is -2.34. The van der Waals surface area contributed by atoms with Gasteiger partial charge in [-0.25, -0.2) is 5.43 Å². The molecule has 1 aromatic heterocycles. The minimum atomic E-state index is -1.02. The summed E-state index contributed by atoms with van der Waals surface area (Å²) >= 11 is 0. The van der Waals surface area contributed by atoms with Crippen LogP contribution in [-0.4, -0.2) is 44.1 Å². The molecule has 0 fully saturated rings. The average molecular weight is 522 g/mol. The number of hydrazone groups is 1. The topological polar surface area (TPSA) is 160 Å². The molecule has 3 rings (SSSR count). The number of nitrogens with zero attached hydrogens (tertiary/aromatic N) is 1. The van der Waals surface area contributed by atoms with Gasteiger partial charge < -0.3 is 29.8 Å². The summed E-state index contributed by atoms with van der Waals surface area (Å²) < 4.78 is 15.7. The Bertz CT molecular complexity index is 1380. The van der Waals surface area contributed by atoms with Gasteiger partial charge in [-0.15, -0.1) is 0 Å². The van der Waals surface area contributed by atoms with Gasteiger partial charge in [0.15, 0.2) is 0 Å². The van der Waals surface area contributed by atoms with Crippen LogP contribution in [-0.2, 0) is 25.7 Å². The first-order chi connectivity index (χ1) is 18.2. The van der Waals surface area contributed by atoms with Crippen molar-refractivity contribution in [1.29, 1.82) is 0 Å². The van der Waals surface area contributed by atoms with E-state index < -0.39 is 23.6 Å². The number of amides is 4. The molecule has 38 heavy (non-hydrogen) atoms. The Morgan fingerprint density at radius 2 is 1.61 bits per heavy atom. The van der Waals surface area contributed by atoms with Crippen LogP contribution in [0.4, 0.5) is 11.4 Å². The van der Waals surface area contributed by atoms with Gasteiger partial charge in [-0.05, 0) is 61.4 Å². The van der Waals surface area contributed by atoms with E-state index >= 15 is 0 Å². The number of carbonyl (C=O) groups is 4. The number of ether oxygens (including phenoxy) is 2. The highest BCUT2D eigenvalue weighted by Gasteiger charge is 2.17. The normalized spacial score (nSPS) is 10.5. The van der Waals surface area contributed by atoms with Crippen LogP contribution < -0.4 is 30.8 Å². The molecule has 0 saturated carbocycles. The molecule has 0 spiro atoms. The zero-order chi connectivity index (χ0) is 27.7. The lowest BCUT2D eigenvalue weighted by molar-refractivity contribution is -0.136. The number of aryl methyl sites for hydroxylation is 2. The van der Waals surface area contributed by atoms with Crippen LogP contribution in [0.5, 0.6) is 11.5 Å². The minimum absolute atomic E-state index is 0.0501. The molecule has 4 amide bonds. The van der Waals surface area contributed by atoms with Crippen LogP contribution in [0, 0.1) is 13.8 Å². The standard InChI is InChI=1S/C26H27N5O7/c1-15-5-6-17(11-16(15)2)29-24(33)23(32)27-13-19-7-8-20(38-19)14-28-31-26(35)25(34)30-21-10-9-18(36-3)12-22(21)37-4/h5-12,14H,13H2,1-4H3,(H,27,32)(H,29,33)(H,30,34)(H,31,35)/b28-14+. The van der Waals surface area contributed by atoms with Gasteiger partial charge in [0, 0.05) is 11.8 Å². The zero-order valence-corrected chi connectivity index (χ0v) is 21.2. The molecule has 0 aliphatic heterocycles. The third-order valence-corrected chi connectivity index (χ3v) is 5.30. The van der Waals surface area contributed by atoms with E-state index in [0.29, 0.717) is 22.9 Å². The fourth-order valence-electron chi connectivity index (χ4n) is 3.10. The fraction of sp³-hybridized carbons (Fsp3) is 0.192. The first-order valence-corrected chi connectivity index (χ1v) is 11.3. The molecule has 0 unspecified atom stereocenters. The molecule has 4 N–H and O–H groups in total. The first kappa shape index (κ1) is 27.5. The van der Waals surface area contributed by atoms with Crippen molar-refractivity contribution in [3.05, 3.63) is 71.2 Å². The van der Waals surface area contributed by atoms with E-state index in [9.17, 15) is 19.2 Å². The Morgan fingerprint density at radius 3 is 2.32 bits per heavy atom. The lowest BCUT2D eigenvalue weighted by Gasteiger charge is -2.10. The van der Waals surface area contributed by atoms with E-state index in [1.807, 2.05) is 19.9 Å². The summed E-state index contributed by atoms with van der Waals surface area (Å²) in [6.07, 6.45) is 1.18. The highest BCUT2D eigenvalue weighted by atomic mass is 16.5. The van der Waals surface area contributed by atoms with E-state index in [-0.39, 0.29) is 18.0 Å². The van der Waals surface area contributed by atoms with Crippen LogP contribution in [0.1, 0.15) is 22.6 Å². The van der Waals surface area contributed by atoms with Gasteiger partial charge in [-0.2, -0.15) is 5.10 Å². The SMILES string of the molecule is COc1ccc(NC(=O)C(=O)N/N=C/c2ccc(CNC(=O)C(=O)Nc3ccc(C)c(C)c3)o2)c(OC)c1. The highest BCUT2D eigenvalue weighted by Crippen LogP contribution is 2.28. The van der Waals surface area contributed by atoms with E-state index in [1.54, 1.807) is 30.3 Å². The summed E-state index contributed by atoms with van der Waals surface area (Å²) in [6.45, 7) is 3.80. The van der Waals surface area contributed by atoms with Crippen molar-refractivity contribution in [3.8, 4) is 11.5 Å². The van der Waals surface area contributed by atoms with Crippen molar-refractivity contribution >= 4 is 41.2 Å². The van der Waals surface area contributed by atoms with Crippen LogP contribution in [0.2, 0.25) is 0 Å². The quantitative estimate of drug-likeness (QED) is 0.201. The van der Waals surface area contributed by atoms with Gasteiger partial charge in [-0.3, -0.25) is 19.2 Å². The number of hydrogen-bond donors (Lipinski definition) is 4. The van der Waals surface area contributed by atoms with E-state index in [2.05, 4.69) is 26.5 Å². The molecule has 2 aromatic carbocycles. The van der Waals surface area contributed by atoms with Crippen LogP contribution in [0.15, 0.2) is 58.0 Å². The molecule has 12 nitrogen and oxygen atoms in total. The maximum Gasteiger partial charge on any atom is 0.329 e. The molecule has 3 aromatic rings. The number of anilines is 2. The van der Waals surface area contributed by atoms with Gasteiger partial charge in [0.2, 0.25) is 0 Å². The second-order valence-electron chi connectivity index (χ2n) is 7.96. The number of carbonyl (C=O) groups excluding carboxylic acids is 4. The number of furan rings is 1. The molecule has 0 aliphatic carbocycles. The maximum atomic E-state index is 12.2. The monoisotopic (exact) mass is 521 g/mol. The molecular weight excluding hydrogens is 494 g/mol. The number of methoxy groups -OCH3 is 2. The van der Waals surface area contributed by atoms with Crippen LogP contribution in [0.3, 0.4) is 0 Å². The predicted octanol–water partition coefficient (Wildman–Crippen LogP) is 2.26. The largest absolute Gasteiger partial charge is 0.497 e. The lowest BCUT2D eigenvalue weighted by atomic mass is 10.1. The molecule has 0 atom stereocenters. The third-order valence-electron chi connectivity index (χ3n) is 5.30. The van der Waals surface area contributed by atoms with Crippen molar-refractivity contribution in [2.24, 2.45) is 5.10 Å². The van der Waals surface area contributed by atoms with E-state index in [1.165, 1.54) is 32.6 Å². The molecule has 1 heterocycles. The van der Waals surface area contributed by atoms with E-state index in [4.69, 9.17) is 13.9 Å². The smallest absolute Gasteiger partial charge is 0.329 e. The van der Waals surface area contributed by atoms with Gasteiger partial charge in [0.05, 0.1) is 32.7 Å². The molecular formula is C26H27N5O7. The highest BCUT2D eigenvalue weighted by molar-refractivity contribution is 6.40. The molecule has 0 aliphatic rings. The minimum Gasteiger partial charge on any atom is -0.497 e. The fourth-order valence-corrected chi connectivity index (χ4v) is 3.10. The summed E-state index contributed by atoms with van der Waals surface area (Å²) in [5.74, 6) is -2.21. The molecule has 0 bridgehead atoms. The van der Waals surface area contributed by atoms with E-state index in [0.717, 1.165) is 11.1 Å². The Labute approximate surface area is 218 Å². The van der Waals surface area contributed by atoms with Crippen LogP contribution >= 0.6 is 0 Å². The summed E-state index contributed by atoms with van der Waals surface area (Å²) in [4.78, 5) is 48.4. The summed E-state index contributed by atoms with van der Waals surface area (Å²) in [7, 11) is 2.90. The Hall–Kier alpha value is -5.13. The number of hydrogen-bond acceptors (Lipinski definition) is 8. The molecule has 0 saturated heterocycles. The second kappa shape index (κ2) is 12.7. The first-order valence-electron chi connectivity index (χ1n) is 11.3. The summed E-state index contributed by atoms with van der Waals surface area (Å²) in [6, 6.07) is 13.1. The number of benzene rings is 2. The number of rotatable bonds is 8. The van der Waals surface area contributed by atoms with Gasteiger partial charge >= 0.3 is 23.6 Å². The Morgan fingerprint density at radius 1 is 0.842 bits per heavy atom. The zero-order valence-electron chi connectivity index (χ0n) is 21.2. The Kier molecular flexibility index (Phi) is 9.19. The summed E-state index contributed by atoms with van der Waals surface area (Å²) in [5.41, 5.74) is 4.94. The molecule has 12 heteroatoms. The van der Waals surface area contributed by atoms with Gasteiger partial charge in [-0.1, -0.05) is 6.07 Å². The van der Waals surface area contributed by atoms with Crippen molar-refractivity contribution in [2.75, 3.05) is 24.9 Å². The predicted molar refractivity (Wildman–Crippen MR) is 139 cm³/mol. The summed E-state index contributed by atoms with van der Waals surface area (Å²) in [5, 5.41) is 11.1. The molecule has 198 valence electrons. The van der Waals surface area contributed by atoms with Gasteiger partial charge in [0.25, 0.3) is 0 Å². The van der Waals surface area contributed by atoms with Crippen LogP contribution in [0.25, 0.3) is 0 Å². The molecule has 0 radical (unpaired) electrons. The Balaban J connectivity index is 1.46. The van der Waals surface area contributed by atoms with Crippen molar-refractivity contribution in [2.45, 2.75) is 20.4 Å². The second-order valence-corrected chi connectivity index (χ2v) is 7.96. The number of nitrogens with one attached hydrogen (secondary N) is 4. The third kappa shape index (κ3) is 7.43. The van der Waals surface area contributed by atoms with Crippen molar-refractivity contribution in [1.82, 2.24) is 10.7 Å². The van der Waals surface area contributed by atoms with Crippen molar-refractivity contribution < 1.29 is 33.1 Å². The maximum absolute atomic E-state index is 12.2. The van der Waals surface area contributed by atoms with Gasteiger partial charge in [0.1, 0.15) is 23.0 Å². The average Bonchev–Trinajstić information content (AvgIpc) is 3.37. The van der Waals surface area contributed by atoms with Crippen molar-refractivity contribution in [3.63, 3.8) is 0 Å².